The van der Waals surface area contributed by atoms with E-state index in [1.54, 1.807) is 20.1 Å². The number of methoxy groups -OCH3 is 1. The number of ether oxygens (including phenoxy) is 1. The second-order valence-corrected chi connectivity index (χ2v) is 10.6. The van der Waals surface area contributed by atoms with Gasteiger partial charge in [0.25, 0.3) is 0 Å². The summed E-state index contributed by atoms with van der Waals surface area (Å²) in [5, 5.41) is 13.4. The number of aromatic hydroxyl groups is 1. The molecule has 0 spiro atoms. The van der Waals surface area contributed by atoms with E-state index in [4.69, 9.17) is 4.74 Å². The van der Waals surface area contributed by atoms with E-state index in [0.717, 1.165) is 37.9 Å². The number of amides is 1. The lowest BCUT2D eigenvalue weighted by atomic mass is 9.42. The summed E-state index contributed by atoms with van der Waals surface area (Å²) < 4.78 is 5.72. The Morgan fingerprint density at radius 1 is 1.14 bits per heavy atom. The van der Waals surface area contributed by atoms with Gasteiger partial charge in [0, 0.05) is 30.0 Å². The van der Waals surface area contributed by atoms with Crippen LogP contribution in [0.2, 0.25) is 0 Å². The van der Waals surface area contributed by atoms with Crippen LogP contribution in [0.4, 0.5) is 0 Å². The van der Waals surface area contributed by atoms with Crippen molar-refractivity contribution in [3.8, 4) is 11.5 Å². The Kier molecular flexibility index (Phi) is 4.30. The monoisotopic (exact) mass is 385 g/mol. The molecule has 4 heteroatoms. The number of hydrogen-bond donors (Lipinski definition) is 2. The van der Waals surface area contributed by atoms with Gasteiger partial charge in [-0.05, 0) is 66.4 Å². The third-order valence-corrected chi connectivity index (χ3v) is 8.84. The first kappa shape index (κ1) is 19.6. The molecule has 0 aliphatic heterocycles. The van der Waals surface area contributed by atoms with Gasteiger partial charge in [-0.25, -0.2) is 0 Å². The Labute approximate surface area is 169 Å². The van der Waals surface area contributed by atoms with Crippen molar-refractivity contribution in [3.05, 3.63) is 23.3 Å². The number of phenols is 1. The Morgan fingerprint density at radius 3 is 2.50 bits per heavy atom. The number of carbonyl (C=O) groups is 1. The molecule has 4 nitrogen and oxygen atoms in total. The number of hydrogen-bond acceptors (Lipinski definition) is 3. The normalized spacial score (nSPS) is 38.1. The van der Waals surface area contributed by atoms with Gasteiger partial charge in [0.1, 0.15) is 11.5 Å². The van der Waals surface area contributed by atoms with Gasteiger partial charge in [-0.3, -0.25) is 4.79 Å². The van der Waals surface area contributed by atoms with Gasteiger partial charge in [-0.1, -0.05) is 27.7 Å². The highest BCUT2D eigenvalue weighted by Gasteiger charge is 2.63. The fourth-order valence-electron chi connectivity index (χ4n) is 7.67. The summed E-state index contributed by atoms with van der Waals surface area (Å²) >= 11 is 0. The molecular weight excluding hydrogens is 350 g/mol. The van der Waals surface area contributed by atoms with Crippen LogP contribution < -0.4 is 10.1 Å². The van der Waals surface area contributed by atoms with Gasteiger partial charge in [0.15, 0.2) is 0 Å². The van der Waals surface area contributed by atoms with Crippen LogP contribution in [0.25, 0.3) is 0 Å². The van der Waals surface area contributed by atoms with Crippen LogP contribution in [0.1, 0.15) is 71.4 Å². The lowest BCUT2D eigenvalue weighted by Crippen LogP contribution is -2.61. The van der Waals surface area contributed by atoms with Crippen LogP contribution in [-0.4, -0.2) is 24.2 Å². The van der Waals surface area contributed by atoms with Crippen molar-refractivity contribution in [3.63, 3.8) is 0 Å². The third kappa shape index (κ3) is 2.52. The van der Waals surface area contributed by atoms with E-state index < -0.39 is 0 Å². The minimum atomic E-state index is 0.0704. The molecule has 5 unspecified atom stereocenters. The lowest BCUT2D eigenvalue weighted by Gasteiger charge is -2.63. The molecule has 1 aromatic rings. The van der Waals surface area contributed by atoms with Crippen LogP contribution in [0.3, 0.4) is 0 Å². The van der Waals surface area contributed by atoms with Crippen LogP contribution in [0.5, 0.6) is 11.5 Å². The largest absolute Gasteiger partial charge is 0.508 e. The molecule has 2 N–H and O–H groups in total. The molecule has 0 bridgehead atoms. The van der Waals surface area contributed by atoms with Crippen LogP contribution in [0, 0.1) is 22.7 Å². The maximum absolute atomic E-state index is 11.8. The van der Waals surface area contributed by atoms with Gasteiger partial charge in [-0.2, -0.15) is 0 Å². The van der Waals surface area contributed by atoms with E-state index in [1.165, 1.54) is 11.1 Å². The minimum Gasteiger partial charge on any atom is -0.508 e. The van der Waals surface area contributed by atoms with Crippen molar-refractivity contribution < 1.29 is 14.6 Å². The Bertz CT molecular complexity index is 816. The minimum absolute atomic E-state index is 0.0704. The van der Waals surface area contributed by atoms with Gasteiger partial charge in [0.05, 0.1) is 7.11 Å². The summed E-state index contributed by atoms with van der Waals surface area (Å²) in [6, 6.07) is 3.97. The average Bonchev–Trinajstić information content (AvgIpc) is 2.90. The number of carbonyl (C=O) groups excluding carboxylic acids is 1. The maximum atomic E-state index is 11.8. The van der Waals surface area contributed by atoms with Gasteiger partial charge in [-0.15, -0.1) is 0 Å². The van der Waals surface area contributed by atoms with E-state index in [0.29, 0.717) is 17.6 Å². The molecular formula is C24H35NO3. The molecule has 0 radical (unpaired) electrons. The highest BCUT2D eigenvalue weighted by atomic mass is 16.5. The van der Waals surface area contributed by atoms with E-state index in [1.807, 2.05) is 6.07 Å². The number of benzene rings is 1. The van der Waals surface area contributed by atoms with E-state index >= 15 is 0 Å². The zero-order valence-electron chi connectivity index (χ0n) is 18.2. The Morgan fingerprint density at radius 2 is 1.86 bits per heavy atom. The second kappa shape index (κ2) is 6.14. The fraction of sp³-hybridized carbons (Fsp3) is 0.708. The summed E-state index contributed by atoms with van der Waals surface area (Å²) in [4.78, 5) is 11.8. The summed E-state index contributed by atoms with van der Waals surface area (Å²) in [7, 11) is 1.71. The molecule has 0 heterocycles. The number of fused-ring (bicyclic) bond motifs is 5. The second-order valence-electron chi connectivity index (χ2n) is 10.6. The molecule has 154 valence electrons. The molecule has 0 saturated heterocycles. The van der Waals surface area contributed by atoms with E-state index in [9.17, 15) is 9.90 Å². The van der Waals surface area contributed by atoms with Crippen molar-refractivity contribution in [2.45, 2.75) is 78.2 Å². The Balaban J connectivity index is 1.75. The van der Waals surface area contributed by atoms with Crippen molar-refractivity contribution in [1.82, 2.24) is 5.32 Å². The molecule has 3 aliphatic carbocycles. The van der Waals surface area contributed by atoms with Crippen LogP contribution >= 0.6 is 0 Å². The van der Waals surface area contributed by atoms with E-state index in [2.05, 4.69) is 33.0 Å². The molecule has 2 saturated carbocycles. The molecule has 1 aromatic carbocycles. The predicted octanol–water partition coefficient (Wildman–Crippen LogP) is 4.57. The third-order valence-electron chi connectivity index (χ3n) is 8.84. The summed E-state index contributed by atoms with van der Waals surface area (Å²) in [6.07, 6.45) is 5.46. The molecule has 0 aromatic heterocycles. The standard InChI is InChI=1S/C24H35NO3/c1-14(26)25-20-8-10-23(4)18(22(20,2)3)7-9-24(5)19(23)12-15-11-16(27)13-17(28-6)21(15)24/h11,13,18-20,27H,7-10,12H2,1-6H3,(H,25,26). The molecule has 5 atom stereocenters. The van der Waals surface area contributed by atoms with Crippen molar-refractivity contribution in [1.29, 1.82) is 0 Å². The highest BCUT2D eigenvalue weighted by Crippen LogP contribution is 2.68. The quantitative estimate of drug-likeness (QED) is 0.784. The van der Waals surface area contributed by atoms with Crippen LogP contribution in [0.15, 0.2) is 12.1 Å². The van der Waals surface area contributed by atoms with Gasteiger partial charge in [0.2, 0.25) is 5.91 Å². The molecule has 3 aliphatic rings. The SMILES string of the molecule is COc1cc(O)cc2c1C1(C)CCC3C(C)(C)C(NC(C)=O)CCC3(C)C1C2. The molecule has 1 amide bonds. The summed E-state index contributed by atoms with van der Waals surface area (Å²) in [6.45, 7) is 11.2. The Hall–Kier alpha value is -1.71. The first-order chi connectivity index (χ1) is 13.0. The van der Waals surface area contributed by atoms with Gasteiger partial charge < -0.3 is 15.2 Å². The van der Waals surface area contributed by atoms with Crippen LogP contribution in [-0.2, 0) is 16.6 Å². The topological polar surface area (TPSA) is 58.6 Å². The average molecular weight is 386 g/mol. The highest BCUT2D eigenvalue weighted by molar-refractivity contribution is 5.73. The maximum Gasteiger partial charge on any atom is 0.217 e. The zero-order valence-corrected chi connectivity index (χ0v) is 18.2. The molecule has 28 heavy (non-hydrogen) atoms. The molecule has 2 fully saturated rings. The van der Waals surface area contributed by atoms with Crippen molar-refractivity contribution in [2.75, 3.05) is 7.11 Å². The summed E-state index contributed by atoms with van der Waals surface area (Å²) in [5.74, 6) is 2.32. The zero-order chi connectivity index (χ0) is 20.5. The number of nitrogens with one attached hydrogen (secondary N) is 1. The van der Waals surface area contributed by atoms with Crippen molar-refractivity contribution in [2.24, 2.45) is 22.7 Å². The number of rotatable bonds is 2. The number of phenolic OH excluding ortho intramolecular Hbond substituents is 1. The predicted molar refractivity (Wildman–Crippen MR) is 111 cm³/mol. The smallest absolute Gasteiger partial charge is 0.217 e. The van der Waals surface area contributed by atoms with Crippen molar-refractivity contribution >= 4 is 5.91 Å². The lowest BCUT2D eigenvalue weighted by molar-refractivity contribution is -0.131. The van der Waals surface area contributed by atoms with E-state index in [-0.39, 0.29) is 28.2 Å². The first-order valence-electron chi connectivity index (χ1n) is 10.7. The fourth-order valence-corrected chi connectivity index (χ4v) is 7.67. The molecule has 4 rings (SSSR count). The first-order valence-corrected chi connectivity index (χ1v) is 10.7. The van der Waals surface area contributed by atoms with Gasteiger partial charge >= 0.3 is 0 Å². The summed E-state index contributed by atoms with van der Waals surface area (Å²) in [5.41, 5.74) is 2.94.